The molecule has 0 unspecified atom stereocenters. The second-order valence-electron chi connectivity index (χ2n) is 7.54. The quantitative estimate of drug-likeness (QED) is 0.582. The van der Waals surface area contributed by atoms with Crippen molar-refractivity contribution in [2.45, 2.75) is 12.3 Å². The smallest absolute Gasteiger partial charge is 0.317 e. The maximum absolute atomic E-state index is 12.6. The molecule has 1 aliphatic heterocycles. The highest BCUT2D eigenvalue weighted by Gasteiger charge is 2.33. The minimum absolute atomic E-state index is 0.113. The lowest BCUT2D eigenvalue weighted by molar-refractivity contribution is 0.126. The van der Waals surface area contributed by atoms with E-state index in [9.17, 15) is 13.2 Å². The molecule has 168 valence electrons. The number of aromatic nitrogens is 1. The Labute approximate surface area is 188 Å². The van der Waals surface area contributed by atoms with Crippen LogP contribution in [0.4, 0.5) is 4.79 Å². The number of hydrogen-bond donors (Lipinski definition) is 2. The van der Waals surface area contributed by atoms with Crippen LogP contribution in [0.25, 0.3) is 0 Å². The van der Waals surface area contributed by atoms with Crippen molar-refractivity contribution in [1.82, 2.24) is 19.9 Å². The SMILES string of the molecule is CS(=O)(=O)NCCNC(=O)N1CC[C@H](COc2ccc(Cl)cn2)[C@@H](c2ccccc2)C1. The van der Waals surface area contributed by atoms with E-state index in [1.807, 2.05) is 18.2 Å². The Balaban J connectivity index is 1.60. The van der Waals surface area contributed by atoms with Crippen molar-refractivity contribution >= 4 is 27.7 Å². The molecule has 2 amide bonds. The van der Waals surface area contributed by atoms with Gasteiger partial charge < -0.3 is 15.0 Å². The highest BCUT2D eigenvalue weighted by Crippen LogP contribution is 2.33. The monoisotopic (exact) mass is 466 g/mol. The average molecular weight is 467 g/mol. The van der Waals surface area contributed by atoms with Crippen LogP contribution in [0.1, 0.15) is 17.9 Å². The molecule has 0 bridgehead atoms. The van der Waals surface area contributed by atoms with Crippen LogP contribution in [-0.4, -0.2) is 63.4 Å². The predicted octanol–water partition coefficient (Wildman–Crippen LogP) is 2.48. The summed E-state index contributed by atoms with van der Waals surface area (Å²) in [5.41, 5.74) is 1.15. The molecule has 2 atom stereocenters. The van der Waals surface area contributed by atoms with E-state index in [-0.39, 0.29) is 31.0 Å². The van der Waals surface area contributed by atoms with Gasteiger partial charge in [0.15, 0.2) is 0 Å². The number of amides is 2. The molecule has 10 heteroatoms. The molecule has 1 fully saturated rings. The van der Waals surface area contributed by atoms with Gasteiger partial charge >= 0.3 is 6.03 Å². The van der Waals surface area contributed by atoms with Crippen LogP contribution in [0.5, 0.6) is 5.88 Å². The van der Waals surface area contributed by atoms with Crippen molar-refractivity contribution in [2.75, 3.05) is 39.0 Å². The summed E-state index contributed by atoms with van der Waals surface area (Å²) in [5, 5.41) is 3.34. The number of halogens is 1. The molecule has 1 saturated heterocycles. The average Bonchev–Trinajstić information content (AvgIpc) is 2.76. The van der Waals surface area contributed by atoms with Gasteiger partial charge in [0.1, 0.15) is 0 Å². The Morgan fingerprint density at radius 3 is 2.68 bits per heavy atom. The molecule has 31 heavy (non-hydrogen) atoms. The maximum atomic E-state index is 12.6. The van der Waals surface area contributed by atoms with Gasteiger partial charge in [-0.1, -0.05) is 41.9 Å². The summed E-state index contributed by atoms with van der Waals surface area (Å²) in [6, 6.07) is 13.4. The molecule has 0 aliphatic carbocycles. The number of carbonyl (C=O) groups is 1. The standard InChI is InChI=1S/C21H27ClN4O4S/c1-31(28,29)25-11-10-23-21(27)26-12-9-17(15-30-20-8-7-18(22)13-24-20)19(14-26)16-5-3-2-4-6-16/h2-8,13,17,19,25H,9-12,14-15H2,1H3,(H,23,27)/t17-,19-/m1/s1. The summed E-state index contributed by atoms with van der Waals surface area (Å²) in [7, 11) is -3.27. The van der Waals surface area contributed by atoms with Gasteiger partial charge in [-0.3, -0.25) is 0 Å². The Morgan fingerprint density at radius 2 is 2.00 bits per heavy atom. The minimum atomic E-state index is -3.27. The Morgan fingerprint density at radius 1 is 1.23 bits per heavy atom. The first-order chi connectivity index (χ1) is 14.8. The number of urea groups is 1. The summed E-state index contributed by atoms with van der Waals surface area (Å²) in [6.45, 7) is 2.02. The lowest BCUT2D eigenvalue weighted by atomic mass is 9.81. The normalized spacial score (nSPS) is 19.1. The highest BCUT2D eigenvalue weighted by atomic mass is 35.5. The molecule has 2 aromatic rings. The van der Waals surface area contributed by atoms with Crippen molar-refractivity contribution in [3.63, 3.8) is 0 Å². The number of nitrogens with one attached hydrogen (secondary N) is 2. The Hall–Kier alpha value is -2.36. The maximum Gasteiger partial charge on any atom is 0.317 e. The van der Waals surface area contributed by atoms with Crippen LogP contribution in [0.2, 0.25) is 5.02 Å². The van der Waals surface area contributed by atoms with Crippen LogP contribution >= 0.6 is 11.6 Å². The van der Waals surface area contributed by atoms with Gasteiger partial charge in [0.05, 0.1) is 17.9 Å². The van der Waals surface area contributed by atoms with E-state index in [1.54, 1.807) is 23.2 Å². The van der Waals surface area contributed by atoms with Crippen LogP contribution < -0.4 is 14.8 Å². The topological polar surface area (TPSA) is 101 Å². The molecule has 1 aliphatic rings. The third kappa shape index (κ3) is 7.37. The van der Waals surface area contributed by atoms with Crippen LogP contribution in [0.15, 0.2) is 48.7 Å². The molecule has 0 spiro atoms. The highest BCUT2D eigenvalue weighted by molar-refractivity contribution is 7.88. The lowest BCUT2D eigenvalue weighted by Gasteiger charge is -2.38. The summed E-state index contributed by atoms with van der Waals surface area (Å²) in [6.07, 6.45) is 3.42. The van der Waals surface area contributed by atoms with E-state index in [0.29, 0.717) is 30.6 Å². The number of sulfonamides is 1. The number of likely N-dealkylation sites (tertiary alicyclic amines) is 1. The van der Waals surface area contributed by atoms with Gasteiger partial charge in [-0.15, -0.1) is 0 Å². The third-order valence-electron chi connectivity index (χ3n) is 5.18. The van der Waals surface area contributed by atoms with Crippen LogP contribution in [0.3, 0.4) is 0 Å². The van der Waals surface area contributed by atoms with E-state index < -0.39 is 10.0 Å². The number of nitrogens with zero attached hydrogens (tertiary/aromatic N) is 2. The van der Waals surface area contributed by atoms with Crippen molar-refractivity contribution in [3.8, 4) is 5.88 Å². The summed E-state index contributed by atoms with van der Waals surface area (Å²) < 4.78 is 30.5. The molecule has 1 aromatic heterocycles. The molecule has 8 nitrogen and oxygen atoms in total. The number of pyridine rings is 1. The largest absolute Gasteiger partial charge is 0.477 e. The number of piperidine rings is 1. The van der Waals surface area contributed by atoms with E-state index in [1.165, 1.54) is 0 Å². The summed E-state index contributed by atoms with van der Waals surface area (Å²) in [5.74, 6) is 0.854. The molecular formula is C21H27ClN4O4S. The fourth-order valence-corrected chi connectivity index (χ4v) is 4.20. The summed E-state index contributed by atoms with van der Waals surface area (Å²) >= 11 is 5.88. The Bertz CT molecular complexity index is 957. The van der Waals surface area contributed by atoms with Gasteiger partial charge in [-0.2, -0.15) is 0 Å². The number of rotatable bonds is 8. The van der Waals surface area contributed by atoms with Crippen molar-refractivity contribution < 1.29 is 17.9 Å². The third-order valence-corrected chi connectivity index (χ3v) is 6.13. The van der Waals surface area contributed by atoms with E-state index in [4.69, 9.17) is 16.3 Å². The molecule has 2 N–H and O–H groups in total. The fourth-order valence-electron chi connectivity index (χ4n) is 3.62. The lowest BCUT2D eigenvalue weighted by Crippen LogP contribution is -2.49. The van der Waals surface area contributed by atoms with Gasteiger partial charge in [-0.25, -0.2) is 22.9 Å². The second-order valence-corrected chi connectivity index (χ2v) is 9.81. The van der Waals surface area contributed by atoms with E-state index in [0.717, 1.165) is 18.2 Å². The number of benzene rings is 1. The van der Waals surface area contributed by atoms with Crippen molar-refractivity contribution in [3.05, 3.63) is 59.2 Å². The first-order valence-electron chi connectivity index (χ1n) is 10.1. The predicted molar refractivity (Wildman–Crippen MR) is 120 cm³/mol. The van der Waals surface area contributed by atoms with Gasteiger partial charge in [0.2, 0.25) is 15.9 Å². The molecular weight excluding hydrogens is 440 g/mol. The Kier molecular flexibility index (Phi) is 8.11. The zero-order chi connectivity index (χ0) is 22.3. The molecule has 2 heterocycles. The molecule has 3 rings (SSSR count). The number of hydrogen-bond acceptors (Lipinski definition) is 5. The van der Waals surface area contributed by atoms with E-state index >= 15 is 0 Å². The second kappa shape index (κ2) is 10.8. The number of carbonyl (C=O) groups excluding carboxylic acids is 1. The van der Waals surface area contributed by atoms with Gasteiger partial charge in [0.25, 0.3) is 0 Å². The minimum Gasteiger partial charge on any atom is -0.477 e. The van der Waals surface area contributed by atoms with Crippen molar-refractivity contribution in [1.29, 1.82) is 0 Å². The van der Waals surface area contributed by atoms with Crippen molar-refractivity contribution in [2.24, 2.45) is 5.92 Å². The van der Waals surface area contributed by atoms with Crippen LogP contribution in [-0.2, 0) is 10.0 Å². The fraction of sp³-hybridized carbons (Fsp3) is 0.429. The van der Waals surface area contributed by atoms with E-state index in [2.05, 4.69) is 27.2 Å². The zero-order valence-corrected chi connectivity index (χ0v) is 18.9. The number of ether oxygens (including phenoxy) is 1. The molecule has 0 saturated carbocycles. The first-order valence-corrected chi connectivity index (χ1v) is 12.4. The van der Waals surface area contributed by atoms with Crippen LogP contribution in [0, 0.1) is 5.92 Å². The van der Waals surface area contributed by atoms with Gasteiger partial charge in [-0.05, 0) is 18.1 Å². The molecule has 1 aromatic carbocycles. The zero-order valence-electron chi connectivity index (χ0n) is 17.3. The first kappa shape index (κ1) is 23.3. The van der Waals surface area contributed by atoms with Gasteiger partial charge in [0, 0.05) is 50.3 Å². The summed E-state index contributed by atoms with van der Waals surface area (Å²) in [4.78, 5) is 18.6. The molecule has 0 radical (unpaired) electrons.